The molecule has 0 amide bonds. The molecule has 14 heavy (non-hydrogen) atoms. The fourth-order valence-electron chi connectivity index (χ4n) is 1.16. The standard InChI is InChI=1S/C10H11F3N/c1-7-4-5-8(10(11,12)13)6-9(7)14(2)3/h4-6H,1H2,2-3H3. The first-order chi connectivity index (χ1) is 6.32. The van der Waals surface area contributed by atoms with Crippen LogP contribution in [0.2, 0.25) is 0 Å². The number of nitrogens with zero attached hydrogens (tertiary/aromatic N) is 1. The van der Waals surface area contributed by atoms with Crippen LogP contribution in [-0.2, 0) is 6.18 Å². The molecule has 1 aromatic carbocycles. The van der Waals surface area contributed by atoms with Crippen molar-refractivity contribution in [2.24, 2.45) is 0 Å². The van der Waals surface area contributed by atoms with E-state index in [4.69, 9.17) is 0 Å². The van der Waals surface area contributed by atoms with Crippen molar-refractivity contribution >= 4 is 5.69 Å². The van der Waals surface area contributed by atoms with Crippen LogP contribution >= 0.6 is 0 Å². The quantitative estimate of drug-likeness (QED) is 0.676. The molecule has 0 heterocycles. The maximum Gasteiger partial charge on any atom is 0.416 e. The number of alkyl halides is 3. The van der Waals surface area contributed by atoms with Gasteiger partial charge in [-0.3, -0.25) is 0 Å². The molecular weight excluding hydrogens is 191 g/mol. The van der Waals surface area contributed by atoms with Gasteiger partial charge >= 0.3 is 6.18 Å². The fourth-order valence-corrected chi connectivity index (χ4v) is 1.16. The Labute approximate surface area is 81.1 Å². The number of benzene rings is 1. The SMILES string of the molecule is [CH2]c1ccc(C(F)(F)F)cc1N(C)C. The van der Waals surface area contributed by atoms with Gasteiger partial charge in [0.05, 0.1) is 5.56 Å². The van der Waals surface area contributed by atoms with E-state index in [1.54, 1.807) is 19.0 Å². The maximum atomic E-state index is 12.3. The second-order valence-electron chi connectivity index (χ2n) is 3.24. The number of halogens is 3. The summed E-state index contributed by atoms with van der Waals surface area (Å²) in [6.45, 7) is 3.66. The molecule has 0 aliphatic heterocycles. The molecule has 0 bridgehead atoms. The highest BCUT2D eigenvalue weighted by Crippen LogP contribution is 2.32. The zero-order chi connectivity index (χ0) is 10.9. The van der Waals surface area contributed by atoms with E-state index in [0.717, 1.165) is 12.1 Å². The van der Waals surface area contributed by atoms with Gasteiger partial charge in [0.15, 0.2) is 0 Å². The second kappa shape index (κ2) is 3.52. The van der Waals surface area contributed by atoms with Crippen molar-refractivity contribution in [3.05, 3.63) is 36.2 Å². The van der Waals surface area contributed by atoms with E-state index in [-0.39, 0.29) is 0 Å². The summed E-state index contributed by atoms with van der Waals surface area (Å²) in [6, 6.07) is 3.51. The van der Waals surface area contributed by atoms with E-state index in [9.17, 15) is 13.2 Å². The van der Waals surface area contributed by atoms with Gasteiger partial charge < -0.3 is 4.90 Å². The lowest BCUT2D eigenvalue weighted by Gasteiger charge is -2.17. The largest absolute Gasteiger partial charge is 0.416 e. The van der Waals surface area contributed by atoms with Crippen LogP contribution in [0.5, 0.6) is 0 Å². The molecule has 0 N–H and O–H groups in total. The summed E-state index contributed by atoms with van der Waals surface area (Å²) >= 11 is 0. The predicted octanol–water partition coefficient (Wildman–Crippen LogP) is 2.95. The molecular formula is C10H11F3N. The van der Waals surface area contributed by atoms with Crippen molar-refractivity contribution in [1.82, 2.24) is 0 Å². The van der Waals surface area contributed by atoms with E-state index in [2.05, 4.69) is 6.92 Å². The van der Waals surface area contributed by atoms with E-state index in [0.29, 0.717) is 11.3 Å². The topological polar surface area (TPSA) is 3.24 Å². The Morgan fingerprint density at radius 2 is 1.79 bits per heavy atom. The smallest absolute Gasteiger partial charge is 0.377 e. The molecule has 1 rings (SSSR count). The van der Waals surface area contributed by atoms with Gasteiger partial charge in [-0.05, 0) is 24.6 Å². The third-order valence-electron chi connectivity index (χ3n) is 1.89. The number of hydrogen-bond acceptors (Lipinski definition) is 1. The van der Waals surface area contributed by atoms with Crippen LogP contribution in [0.1, 0.15) is 11.1 Å². The number of rotatable bonds is 1. The van der Waals surface area contributed by atoms with E-state index in [1.807, 2.05) is 0 Å². The molecule has 4 heteroatoms. The lowest BCUT2D eigenvalue weighted by atomic mass is 10.1. The Morgan fingerprint density at radius 1 is 1.21 bits per heavy atom. The van der Waals surface area contributed by atoms with Crippen molar-refractivity contribution in [1.29, 1.82) is 0 Å². The highest BCUT2D eigenvalue weighted by atomic mass is 19.4. The summed E-state index contributed by atoms with van der Waals surface area (Å²) in [5.74, 6) is 0. The minimum atomic E-state index is -4.29. The Morgan fingerprint density at radius 3 is 2.21 bits per heavy atom. The van der Waals surface area contributed by atoms with Crippen LogP contribution in [0.15, 0.2) is 18.2 Å². The number of anilines is 1. The molecule has 0 spiro atoms. The zero-order valence-corrected chi connectivity index (χ0v) is 8.02. The van der Waals surface area contributed by atoms with Gasteiger partial charge in [0.25, 0.3) is 0 Å². The normalized spacial score (nSPS) is 11.6. The van der Waals surface area contributed by atoms with Crippen molar-refractivity contribution in [3.8, 4) is 0 Å². The van der Waals surface area contributed by atoms with Crippen molar-refractivity contribution in [3.63, 3.8) is 0 Å². The summed E-state index contributed by atoms with van der Waals surface area (Å²) in [7, 11) is 3.37. The van der Waals surface area contributed by atoms with E-state index < -0.39 is 11.7 Å². The molecule has 1 nitrogen and oxygen atoms in total. The van der Waals surface area contributed by atoms with Gasteiger partial charge in [0.1, 0.15) is 0 Å². The zero-order valence-electron chi connectivity index (χ0n) is 8.02. The molecule has 0 aliphatic carbocycles. The molecule has 1 radical (unpaired) electrons. The third-order valence-corrected chi connectivity index (χ3v) is 1.89. The first kappa shape index (κ1) is 10.9. The monoisotopic (exact) mass is 202 g/mol. The Balaban J connectivity index is 3.20. The fraction of sp³-hybridized carbons (Fsp3) is 0.300. The van der Waals surface area contributed by atoms with Crippen LogP contribution in [0.4, 0.5) is 18.9 Å². The molecule has 1 aromatic rings. The molecule has 77 valence electrons. The van der Waals surface area contributed by atoms with E-state index >= 15 is 0 Å². The van der Waals surface area contributed by atoms with Crippen molar-refractivity contribution in [2.45, 2.75) is 6.18 Å². The first-order valence-corrected chi connectivity index (χ1v) is 4.03. The van der Waals surface area contributed by atoms with Crippen LogP contribution in [0.25, 0.3) is 0 Å². The average molecular weight is 202 g/mol. The third kappa shape index (κ3) is 2.19. The van der Waals surface area contributed by atoms with Crippen molar-refractivity contribution in [2.75, 3.05) is 19.0 Å². The Bertz CT molecular complexity index is 329. The van der Waals surface area contributed by atoms with Crippen LogP contribution in [0.3, 0.4) is 0 Å². The summed E-state index contributed by atoms with van der Waals surface area (Å²) in [6.07, 6.45) is -4.29. The Kier molecular flexibility index (Phi) is 2.73. The summed E-state index contributed by atoms with van der Waals surface area (Å²) in [4.78, 5) is 1.61. The van der Waals surface area contributed by atoms with Crippen LogP contribution < -0.4 is 4.90 Å². The van der Waals surface area contributed by atoms with E-state index in [1.165, 1.54) is 6.07 Å². The minimum Gasteiger partial charge on any atom is -0.377 e. The van der Waals surface area contributed by atoms with Gasteiger partial charge in [-0.1, -0.05) is 6.07 Å². The maximum absolute atomic E-state index is 12.3. The Hall–Kier alpha value is -1.19. The van der Waals surface area contributed by atoms with Gasteiger partial charge in [-0.15, -0.1) is 0 Å². The second-order valence-corrected chi connectivity index (χ2v) is 3.24. The molecule has 0 saturated heterocycles. The predicted molar refractivity (Wildman–Crippen MR) is 50.2 cm³/mol. The van der Waals surface area contributed by atoms with Gasteiger partial charge in [-0.25, -0.2) is 0 Å². The highest BCUT2D eigenvalue weighted by Gasteiger charge is 2.30. The molecule has 0 unspecified atom stereocenters. The molecule has 0 fully saturated rings. The lowest BCUT2D eigenvalue weighted by molar-refractivity contribution is -0.137. The first-order valence-electron chi connectivity index (χ1n) is 4.03. The lowest BCUT2D eigenvalue weighted by Crippen LogP contribution is -2.13. The summed E-state index contributed by atoms with van der Waals surface area (Å²) in [5.41, 5.74) is 0.427. The van der Waals surface area contributed by atoms with Gasteiger partial charge in [0, 0.05) is 19.8 Å². The van der Waals surface area contributed by atoms with Gasteiger partial charge in [0.2, 0.25) is 0 Å². The average Bonchev–Trinajstić information content (AvgIpc) is 2.02. The van der Waals surface area contributed by atoms with Crippen LogP contribution in [0, 0.1) is 6.92 Å². The van der Waals surface area contributed by atoms with Crippen LogP contribution in [-0.4, -0.2) is 14.1 Å². The number of hydrogen-bond donors (Lipinski definition) is 0. The molecule has 0 aromatic heterocycles. The molecule has 0 saturated carbocycles. The van der Waals surface area contributed by atoms with Crippen molar-refractivity contribution < 1.29 is 13.2 Å². The highest BCUT2D eigenvalue weighted by molar-refractivity contribution is 5.56. The minimum absolute atomic E-state index is 0.486. The molecule has 0 atom stereocenters. The van der Waals surface area contributed by atoms with Gasteiger partial charge in [-0.2, -0.15) is 13.2 Å². The summed E-state index contributed by atoms with van der Waals surface area (Å²) in [5, 5.41) is 0. The summed E-state index contributed by atoms with van der Waals surface area (Å²) < 4.78 is 37.0. The molecule has 0 aliphatic rings.